The molecule has 2 heterocycles. The summed E-state index contributed by atoms with van der Waals surface area (Å²) < 4.78 is 5.23. The first-order valence-corrected chi connectivity index (χ1v) is 10.1. The third kappa shape index (κ3) is 3.65. The molecule has 0 spiro atoms. The number of benzene rings is 2. The maximum absolute atomic E-state index is 7.50. The van der Waals surface area contributed by atoms with E-state index in [1.165, 1.54) is 25.1 Å². The summed E-state index contributed by atoms with van der Waals surface area (Å²) in [5, 5.41) is 7.50. The number of thiophene rings is 2. The smallest absolute Gasteiger partial charge is 0.122 e. The number of methoxy groups -OCH3 is 1. The fourth-order valence-corrected chi connectivity index (χ4v) is 4.93. The van der Waals surface area contributed by atoms with Crippen LogP contribution in [0.1, 0.15) is 5.56 Å². The van der Waals surface area contributed by atoms with Gasteiger partial charge in [0.15, 0.2) is 0 Å². The Hall–Kier alpha value is -2.89. The average molecular weight is 391 g/mol. The van der Waals surface area contributed by atoms with Gasteiger partial charge in [-0.25, -0.2) is 0 Å². The third-order valence-electron chi connectivity index (χ3n) is 4.31. The van der Waals surface area contributed by atoms with Crippen molar-refractivity contribution in [3.63, 3.8) is 0 Å². The lowest BCUT2D eigenvalue weighted by Crippen LogP contribution is -2.10. The zero-order valence-corrected chi connectivity index (χ0v) is 16.4. The second-order valence-corrected chi connectivity index (χ2v) is 8.21. The fraction of sp³-hybridized carbons (Fsp3) is 0.0455. The Morgan fingerprint density at radius 3 is 1.59 bits per heavy atom. The lowest BCUT2D eigenvalue weighted by molar-refractivity contribution is 0.415. The van der Waals surface area contributed by atoms with Gasteiger partial charge in [-0.15, -0.1) is 22.7 Å². The van der Waals surface area contributed by atoms with E-state index in [0.29, 0.717) is 0 Å². The van der Waals surface area contributed by atoms with Crippen LogP contribution in [0.15, 0.2) is 72.8 Å². The van der Waals surface area contributed by atoms with Crippen LogP contribution in [0.4, 0.5) is 0 Å². The zero-order valence-electron chi connectivity index (χ0n) is 14.7. The first-order chi connectivity index (χ1) is 13.1. The van der Waals surface area contributed by atoms with Crippen molar-refractivity contribution in [1.82, 2.24) is 0 Å². The summed E-state index contributed by atoms with van der Waals surface area (Å²) in [6.07, 6.45) is 0. The summed E-state index contributed by atoms with van der Waals surface area (Å²) >= 11 is 3.57. The van der Waals surface area contributed by atoms with Crippen LogP contribution in [0.2, 0.25) is 0 Å². The van der Waals surface area contributed by atoms with E-state index in [0.717, 1.165) is 16.9 Å². The second kappa shape index (κ2) is 7.39. The van der Waals surface area contributed by atoms with E-state index in [1.54, 1.807) is 29.8 Å². The van der Waals surface area contributed by atoms with Crippen LogP contribution < -0.4 is 10.5 Å². The molecule has 0 unspecified atom stereocenters. The molecule has 4 aromatic rings. The molecular formula is C22H18N2OS2. The minimum absolute atomic E-state index is 0.0954. The second-order valence-electron chi connectivity index (χ2n) is 6.05. The Labute approximate surface area is 166 Å². The molecule has 0 atom stereocenters. The molecule has 0 fully saturated rings. The summed E-state index contributed by atoms with van der Waals surface area (Å²) in [6.45, 7) is 0. The normalized spacial score (nSPS) is 10.7. The molecule has 0 saturated carbocycles. The number of nitrogens with one attached hydrogen (secondary N) is 1. The number of nitrogen functional groups attached to an aromatic ring is 1. The Morgan fingerprint density at radius 1 is 0.704 bits per heavy atom. The van der Waals surface area contributed by atoms with Crippen molar-refractivity contribution in [2.45, 2.75) is 0 Å². The minimum atomic E-state index is 0.0954. The van der Waals surface area contributed by atoms with Crippen molar-refractivity contribution in [1.29, 1.82) is 5.41 Å². The summed E-state index contributed by atoms with van der Waals surface area (Å²) in [4.78, 5) is 4.97. The van der Waals surface area contributed by atoms with E-state index in [9.17, 15) is 0 Å². The van der Waals surface area contributed by atoms with E-state index >= 15 is 0 Å². The molecule has 3 N–H and O–H groups in total. The maximum Gasteiger partial charge on any atom is 0.122 e. The first-order valence-electron chi connectivity index (χ1n) is 8.43. The molecule has 0 aliphatic carbocycles. The Morgan fingerprint density at radius 2 is 1.15 bits per heavy atom. The van der Waals surface area contributed by atoms with Gasteiger partial charge in [-0.2, -0.15) is 0 Å². The van der Waals surface area contributed by atoms with Gasteiger partial charge in [0, 0.05) is 25.1 Å². The van der Waals surface area contributed by atoms with Gasteiger partial charge in [0.25, 0.3) is 0 Å². The van der Waals surface area contributed by atoms with Gasteiger partial charge < -0.3 is 10.5 Å². The molecule has 0 aliphatic rings. The fourth-order valence-electron chi connectivity index (χ4n) is 2.82. The van der Waals surface area contributed by atoms with Crippen LogP contribution in [0.25, 0.3) is 30.6 Å². The SMILES string of the molecule is COc1ccc(-c2ccc(-c3ccc(-c4ccc(C(=N)N)cc4)s3)s2)cc1. The van der Waals surface area contributed by atoms with Crippen molar-refractivity contribution in [2.75, 3.05) is 7.11 Å². The summed E-state index contributed by atoms with van der Waals surface area (Å²) in [5.41, 5.74) is 8.62. The lowest BCUT2D eigenvalue weighted by atomic mass is 10.1. The van der Waals surface area contributed by atoms with Gasteiger partial charge in [0.2, 0.25) is 0 Å². The van der Waals surface area contributed by atoms with Gasteiger partial charge in [-0.05, 0) is 59.7 Å². The van der Waals surface area contributed by atoms with E-state index in [1.807, 2.05) is 36.4 Å². The van der Waals surface area contributed by atoms with Gasteiger partial charge in [-0.3, -0.25) is 5.41 Å². The van der Waals surface area contributed by atoms with Crippen LogP contribution in [-0.2, 0) is 0 Å². The van der Waals surface area contributed by atoms with Crippen LogP contribution in [-0.4, -0.2) is 12.9 Å². The number of hydrogen-bond acceptors (Lipinski definition) is 4. The van der Waals surface area contributed by atoms with Crippen LogP contribution in [0.5, 0.6) is 5.75 Å². The van der Waals surface area contributed by atoms with Crippen LogP contribution >= 0.6 is 22.7 Å². The van der Waals surface area contributed by atoms with Gasteiger partial charge >= 0.3 is 0 Å². The Balaban J connectivity index is 1.58. The van der Waals surface area contributed by atoms with Crippen LogP contribution in [0.3, 0.4) is 0 Å². The molecule has 0 radical (unpaired) electrons. The minimum Gasteiger partial charge on any atom is -0.497 e. The molecule has 0 saturated heterocycles. The molecular weight excluding hydrogens is 372 g/mol. The molecule has 2 aromatic heterocycles. The molecule has 3 nitrogen and oxygen atoms in total. The number of amidine groups is 1. The highest BCUT2D eigenvalue weighted by atomic mass is 32.1. The van der Waals surface area contributed by atoms with Gasteiger partial charge in [-0.1, -0.05) is 24.3 Å². The third-order valence-corrected chi connectivity index (χ3v) is 6.77. The van der Waals surface area contributed by atoms with Crippen molar-refractivity contribution >= 4 is 28.5 Å². The van der Waals surface area contributed by atoms with Crippen molar-refractivity contribution in [3.05, 3.63) is 78.4 Å². The molecule has 0 amide bonds. The first kappa shape index (κ1) is 17.5. The largest absolute Gasteiger partial charge is 0.497 e. The summed E-state index contributed by atoms with van der Waals surface area (Å²) in [6, 6.07) is 24.6. The monoisotopic (exact) mass is 390 g/mol. The average Bonchev–Trinajstić information content (AvgIpc) is 3.38. The van der Waals surface area contributed by atoms with Crippen molar-refractivity contribution in [3.8, 4) is 36.4 Å². The molecule has 134 valence electrons. The Bertz CT molecular complexity index is 1080. The molecule has 5 heteroatoms. The number of hydrogen-bond donors (Lipinski definition) is 2. The van der Waals surface area contributed by atoms with E-state index in [-0.39, 0.29) is 5.84 Å². The van der Waals surface area contributed by atoms with E-state index in [2.05, 4.69) is 36.4 Å². The predicted octanol–water partition coefficient (Wildman–Crippen LogP) is 6.10. The lowest BCUT2D eigenvalue weighted by Gasteiger charge is -2.01. The molecule has 27 heavy (non-hydrogen) atoms. The molecule has 2 aromatic carbocycles. The molecule has 4 rings (SSSR count). The van der Waals surface area contributed by atoms with Crippen molar-refractivity contribution in [2.24, 2.45) is 5.73 Å². The topological polar surface area (TPSA) is 59.1 Å². The highest BCUT2D eigenvalue weighted by Crippen LogP contribution is 2.40. The quantitative estimate of drug-likeness (QED) is 0.319. The van der Waals surface area contributed by atoms with Gasteiger partial charge in [0.05, 0.1) is 7.11 Å². The van der Waals surface area contributed by atoms with E-state index < -0.39 is 0 Å². The number of ether oxygens (including phenoxy) is 1. The summed E-state index contributed by atoms with van der Waals surface area (Å²) in [7, 11) is 1.68. The highest BCUT2D eigenvalue weighted by molar-refractivity contribution is 7.25. The van der Waals surface area contributed by atoms with Crippen molar-refractivity contribution < 1.29 is 4.74 Å². The predicted molar refractivity (Wildman–Crippen MR) is 116 cm³/mol. The number of nitrogens with two attached hydrogens (primary N) is 1. The Kier molecular flexibility index (Phi) is 4.79. The molecule has 0 aliphatic heterocycles. The zero-order chi connectivity index (χ0) is 18.8. The molecule has 0 bridgehead atoms. The number of rotatable bonds is 5. The highest BCUT2D eigenvalue weighted by Gasteiger charge is 2.09. The van der Waals surface area contributed by atoms with Crippen LogP contribution in [0, 0.1) is 5.41 Å². The van der Waals surface area contributed by atoms with Gasteiger partial charge in [0.1, 0.15) is 11.6 Å². The standard InChI is InChI=1S/C22H18N2OS2/c1-25-17-8-6-15(7-9-17)19-11-13-21(27-19)20-12-10-18(26-20)14-2-4-16(5-3-14)22(23)24/h2-13H,1H3,(H3,23,24). The maximum atomic E-state index is 7.50. The summed E-state index contributed by atoms with van der Waals surface area (Å²) in [5.74, 6) is 0.965. The van der Waals surface area contributed by atoms with E-state index in [4.69, 9.17) is 15.9 Å².